The van der Waals surface area contributed by atoms with Crippen molar-refractivity contribution in [1.82, 2.24) is 5.32 Å². The minimum absolute atomic E-state index is 0.0506. The molecule has 9 heteroatoms. The van der Waals surface area contributed by atoms with Crippen molar-refractivity contribution in [2.75, 3.05) is 28.4 Å². The number of esters is 1. The topological polar surface area (TPSA) is 92.3 Å². The average Bonchev–Trinajstić information content (AvgIpc) is 3.02. The Morgan fingerprint density at radius 3 is 2.23 bits per heavy atom. The number of rotatable bonds is 9. The summed E-state index contributed by atoms with van der Waals surface area (Å²) in [7, 11) is 6.30. The van der Waals surface area contributed by atoms with E-state index < -0.39 is 11.9 Å². The van der Waals surface area contributed by atoms with Gasteiger partial charge in [-0.2, -0.15) is 0 Å². The lowest BCUT2D eigenvalue weighted by Gasteiger charge is -2.37. The number of dihydropyridines is 1. The first-order valence-corrected chi connectivity index (χ1v) is 14.7. The summed E-state index contributed by atoms with van der Waals surface area (Å²) in [5, 5.41) is 3.41. The van der Waals surface area contributed by atoms with Crippen LogP contribution in [0.25, 0.3) is 0 Å². The molecule has 1 aliphatic heterocycles. The van der Waals surface area contributed by atoms with Gasteiger partial charge in [0.1, 0.15) is 6.61 Å². The first kappa shape index (κ1) is 30.2. The molecule has 43 heavy (non-hydrogen) atoms. The average molecular weight is 649 g/mol. The van der Waals surface area contributed by atoms with E-state index in [9.17, 15) is 9.59 Å². The van der Waals surface area contributed by atoms with Crippen LogP contribution in [0.4, 0.5) is 0 Å². The number of halogens is 1. The summed E-state index contributed by atoms with van der Waals surface area (Å²) in [4.78, 5) is 27.9. The van der Waals surface area contributed by atoms with Crippen LogP contribution in [0, 0.1) is 0 Å². The third-order valence-electron chi connectivity index (χ3n) is 7.93. The number of benzene rings is 3. The second-order valence-electron chi connectivity index (χ2n) is 10.4. The highest BCUT2D eigenvalue weighted by molar-refractivity contribution is 9.10. The van der Waals surface area contributed by atoms with Gasteiger partial charge in [0.05, 0.1) is 38.5 Å². The molecule has 2 aliphatic rings. The lowest BCUT2D eigenvalue weighted by Crippen LogP contribution is -2.36. The van der Waals surface area contributed by atoms with Crippen molar-refractivity contribution in [3.8, 4) is 23.0 Å². The highest BCUT2D eigenvalue weighted by Gasteiger charge is 2.42. The third kappa shape index (κ3) is 5.99. The molecule has 3 aromatic rings. The number of ether oxygens (including phenoxy) is 5. The molecule has 3 aromatic carbocycles. The van der Waals surface area contributed by atoms with Crippen molar-refractivity contribution in [1.29, 1.82) is 0 Å². The maximum atomic E-state index is 14.1. The smallest absolute Gasteiger partial charge is 0.337 e. The number of ketones is 1. The molecule has 8 nitrogen and oxygen atoms in total. The zero-order valence-corrected chi connectivity index (χ0v) is 26.4. The fraction of sp³-hybridized carbons (Fsp3) is 0.294. The Kier molecular flexibility index (Phi) is 9.11. The molecule has 0 spiro atoms. The van der Waals surface area contributed by atoms with Crippen LogP contribution in [0.1, 0.15) is 48.3 Å². The van der Waals surface area contributed by atoms with Crippen molar-refractivity contribution in [3.63, 3.8) is 0 Å². The Labute approximate surface area is 259 Å². The summed E-state index contributed by atoms with van der Waals surface area (Å²) < 4.78 is 28.5. The highest BCUT2D eigenvalue weighted by Crippen LogP contribution is 2.49. The van der Waals surface area contributed by atoms with Crippen LogP contribution in [0.15, 0.2) is 87.7 Å². The number of hydrogen-bond donors (Lipinski definition) is 1. The van der Waals surface area contributed by atoms with E-state index >= 15 is 0 Å². The molecule has 1 heterocycles. The predicted octanol–water partition coefficient (Wildman–Crippen LogP) is 6.59. The number of carbonyl (C=O) groups is 2. The number of methoxy groups -OCH3 is 4. The van der Waals surface area contributed by atoms with Gasteiger partial charge in [-0.3, -0.25) is 4.79 Å². The van der Waals surface area contributed by atoms with Gasteiger partial charge in [-0.1, -0.05) is 36.4 Å². The Bertz CT molecular complexity index is 1610. The first-order valence-electron chi connectivity index (χ1n) is 13.9. The van der Waals surface area contributed by atoms with Crippen LogP contribution in [-0.4, -0.2) is 40.2 Å². The van der Waals surface area contributed by atoms with E-state index in [0.717, 1.165) is 16.8 Å². The molecule has 5 rings (SSSR count). The lowest BCUT2D eigenvalue weighted by molar-refractivity contribution is -0.140. The highest BCUT2D eigenvalue weighted by atomic mass is 79.9. The van der Waals surface area contributed by atoms with Gasteiger partial charge in [-0.15, -0.1) is 0 Å². The number of carbonyl (C=O) groups excluding carboxylic acids is 2. The van der Waals surface area contributed by atoms with Gasteiger partial charge in [0, 0.05) is 29.3 Å². The fourth-order valence-corrected chi connectivity index (χ4v) is 6.51. The molecule has 224 valence electrons. The Balaban J connectivity index is 1.57. The Morgan fingerprint density at radius 2 is 1.56 bits per heavy atom. The van der Waals surface area contributed by atoms with Gasteiger partial charge in [0.15, 0.2) is 28.8 Å². The summed E-state index contributed by atoms with van der Waals surface area (Å²) in [6, 6.07) is 18.9. The Morgan fingerprint density at radius 1 is 0.860 bits per heavy atom. The van der Waals surface area contributed by atoms with Crippen LogP contribution >= 0.6 is 15.9 Å². The molecule has 2 unspecified atom stereocenters. The van der Waals surface area contributed by atoms with E-state index in [1.807, 2.05) is 67.6 Å². The summed E-state index contributed by atoms with van der Waals surface area (Å²) in [5.74, 6) is 0.930. The van der Waals surface area contributed by atoms with E-state index in [2.05, 4.69) is 21.2 Å². The minimum atomic E-state index is -0.672. The normalized spacial score (nSPS) is 18.0. The van der Waals surface area contributed by atoms with Crippen LogP contribution in [0.3, 0.4) is 0 Å². The molecule has 2 atom stereocenters. The van der Waals surface area contributed by atoms with Crippen molar-refractivity contribution >= 4 is 27.7 Å². The van der Waals surface area contributed by atoms with Crippen molar-refractivity contribution in [2.45, 2.75) is 38.2 Å². The lowest BCUT2D eigenvalue weighted by atomic mass is 9.71. The maximum Gasteiger partial charge on any atom is 0.337 e. The van der Waals surface area contributed by atoms with Gasteiger partial charge in [-0.25, -0.2) is 4.79 Å². The molecular formula is C34H34BrNO7. The van der Waals surface area contributed by atoms with E-state index in [0.29, 0.717) is 56.3 Å². The fourth-order valence-electron chi connectivity index (χ4n) is 5.89. The van der Waals surface area contributed by atoms with Crippen LogP contribution < -0.4 is 24.3 Å². The van der Waals surface area contributed by atoms with Crippen molar-refractivity contribution in [2.24, 2.45) is 0 Å². The van der Waals surface area contributed by atoms with Gasteiger partial charge in [-0.05, 0) is 76.1 Å². The molecule has 0 aromatic heterocycles. The van der Waals surface area contributed by atoms with E-state index in [4.69, 9.17) is 23.7 Å². The van der Waals surface area contributed by atoms with Gasteiger partial charge >= 0.3 is 5.97 Å². The van der Waals surface area contributed by atoms with Crippen LogP contribution in [-0.2, 0) is 20.9 Å². The zero-order valence-electron chi connectivity index (χ0n) is 24.8. The number of Topliss-reactive ketones (excluding diaryl/α,β-unsaturated/α-hetero) is 1. The molecule has 0 amide bonds. The zero-order chi connectivity index (χ0) is 30.7. The molecule has 0 radical (unpaired) electrons. The predicted molar refractivity (Wildman–Crippen MR) is 166 cm³/mol. The summed E-state index contributed by atoms with van der Waals surface area (Å²) >= 11 is 3.59. The summed E-state index contributed by atoms with van der Waals surface area (Å²) in [6.07, 6.45) is 0.845. The largest absolute Gasteiger partial charge is 0.493 e. The summed E-state index contributed by atoms with van der Waals surface area (Å²) in [5.41, 5.74) is 4.90. The van der Waals surface area contributed by atoms with Gasteiger partial charge in [0.25, 0.3) is 0 Å². The monoisotopic (exact) mass is 647 g/mol. The SMILES string of the molecule is COc1ccc(C2CC(=O)C3=C(C2)NC(C)=C(C(=O)OCc2ccccc2)C3c2cc(Br)c(OC)c(OC)c2)cc1OC. The van der Waals surface area contributed by atoms with Crippen LogP contribution in [0.5, 0.6) is 23.0 Å². The number of hydrogen-bond acceptors (Lipinski definition) is 8. The minimum Gasteiger partial charge on any atom is -0.493 e. The quantitative estimate of drug-likeness (QED) is 0.260. The van der Waals surface area contributed by atoms with Gasteiger partial charge < -0.3 is 29.0 Å². The molecule has 1 N–H and O–H groups in total. The standard InChI is InChI=1S/C34H34BrNO7/c1-19-30(34(38)43-18-20-9-7-6-8-10-20)31(23-13-24(35)33(42-5)29(17-23)41-4)32-25(36-19)14-22(15-26(32)37)21-11-12-27(39-2)28(16-21)40-3/h6-13,16-17,22,31,36H,14-15,18H2,1-5H3. The Hall–Kier alpha value is -4.24. The molecular weight excluding hydrogens is 614 g/mol. The summed E-state index contributed by atoms with van der Waals surface area (Å²) in [6.45, 7) is 1.95. The first-order chi connectivity index (χ1) is 20.8. The van der Waals surface area contributed by atoms with Crippen molar-refractivity contribution in [3.05, 3.63) is 104 Å². The van der Waals surface area contributed by atoms with E-state index in [1.165, 1.54) is 0 Å². The maximum absolute atomic E-state index is 14.1. The number of nitrogens with one attached hydrogen (secondary N) is 1. The molecule has 0 saturated heterocycles. The molecule has 0 saturated carbocycles. The third-order valence-corrected chi connectivity index (χ3v) is 8.52. The van der Waals surface area contributed by atoms with Crippen LogP contribution in [0.2, 0.25) is 0 Å². The number of allylic oxidation sites excluding steroid dienone is 3. The van der Waals surface area contributed by atoms with Gasteiger partial charge in [0.2, 0.25) is 0 Å². The molecule has 1 aliphatic carbocycles. The van der Waals surface area contributed by atoms with Crippen molar-refractivity contribution < 1.29 is 33.3 Å². The molecule has 0 bridgehead atoms. The van der Waals surface area contributed by atoms with E-state index in [-0.39, 0.29) is 24.7 Å². The molecule has 0 fully saturated rings. The second kappa shape index (κ2) is 13.0. The second-order valence-corrected chi connectivity index (χ2v) is 11.3. The van der Waals surface area contributed by atoms with E-state index in [1.54, 1.807) is 28.4 Å².